The lowest BCUT2D eigenvalue weighted by Crippen LogP contribution is -2.21. The summed E-state index contributed by atoms with van der Waals surface area (Å²) in [6.07, 6.45) is 1.15. The lowest BCUT2D eigenvalue weighted by molar-refractivity contribution is 0.152. The van der Waals surface area contributed by atoms with Crippen molar-refractivity contribution in [1.82, 2.24) is 4.90 Å². The van der Waals surface area contributed by atoms with E-state index in [9.17, 15) is 5.11 Å². The number of likely N-dealkylation sites (tertiary alicyclic amines) is 1. The molecule has 0 radical (unpaired) electrons. The van der Waals surface area contributed by atoms with Crippen molar-refractivity contribution in [2.45, 2.75) is 13.0 Å². The zero-order valence-corrected chi connectivity index (χ0v) is 10.8. The molecular weight excluding hydrogens is 238 g/mol. The number of aromatic hydroxyl groups is 1. The second kappa shape index (κ2) is 5.71. The van der Waals surface area contributed by atoms with Crippen LogP contribution >= 0.6 is 11.6 Å². The lowest BCUT2D eigenvalue weighted by Gasteiger charge is -2.17. The Morgan fingerprint density at radius 1 is 1.53 bits per heavy atom. The molecule has 1 aromatic rings. The van der Waals surface area contributed by atoms with Crippen LogP contribution in [0.1, 0.15) is 12.0 Å². The number of nitrogens with zero attached hydrogens (tertiary/aromatic N) is 1. The van der Waals surface area contributed by atoms with Gasteiger partial charge in [0.1, 0.15) is 5.75 Å². The Kier molecular flexibility index (Phi) is 4.26. The SMILES string of the molecule is COCC1CCN(Cc2c(O)cccc2Cl)C1. The maximum atomic E-state index is 9.79. The molecule has 1 N–H and O–H groups in total. The average molecular weight is 256 g/mol. The van der Waals surface area contributed by atoms with E-state index < -0.39 is 0 Å². The van der Waals surface area contributed by atoms with Crippen LogP contribution in [0.5, 0.6) is 5.75 Å². The van der Waals surface area contributed by atoms with E-state index in [1.165, 1.54) is 0 Å². The molecule has 0 aromatic heterocycles. The Morgan fingerprint density at radius 3 is 3.06 bits per heavy atom. The molecule has 0 bridgehead atoms. The molecule has 1 heterocycles. The monoisotopic (exact) mass is 255 g/mol. The van der Waals surface area contributed by atoms with Gasteiger partial charge < -0.3 is 9.84 Å². The van der Waals surface area contributed by atoms with Crippen LogP contribution in [0.2, 0.25) is 5.02 Å². The molecule has 0 saturated carbocycles. The van der Waals surface area contributed by atoms with E-state index in [2.05, 4.69) is 4.90 Å². The molecule has 17 heavy (non-hydrogen) atoms. The van der Waals surface area contributed by atoms with E-state index in [1.54, 1.807) is 19.2 Å². The molecule has 2 rings (SSSR count). The van der Waals surface area contributed by atoms with E-state index in [0.29, 0.717) is 17.5 Å². The third-order valence-electron chi connectivity index (χ3n) is 3.25. The lowest BCUT2D eigenvalue weighted by atomic mass is 10.1. The van der Waals surface area contributed by atoms with Crippen LogP contribution in [0.15, 0.2) is 18.2 Å². The van der Waals surface area contributed by atoms with Gasteiger partial charge in [0.25, 0.3) is 0 Å². The van der Waals surface area contributed by atoms with Crippen LogP contribution < -0.4 is 0 Å². The minimum absolute atomic E-state index is 0.285. The van der Waals surface area contributed by atoms with Crippen molar-refractivity contribution in [1.29, 1.82) is 0 Å². The summed E-state index contributed by atoms with van der Waals surface area (Å²) in [4.78, 5) is 2.31. The molecule has 1 saturated heterocycles. The second-order valence-corrected chi connectivity index (χ2v) is 4.99. The van der Waals surface area contributed by atoms with Gasteiger partial charge in [-0.25, -0.2) is 0 Å². The minimum Gasteiger partial charge on any atom is -0.508 e. The fraction of sp³-hybridized carbons (Fsp3) is 0.538. The second-order valence-electron chi connectivity index (χ2n) is 4.58. The number of phenols is 1. The molecule has 4 heteroatoms. The number of phenolic OH excluding ortho intramolecular Hbond substituents is 1. The molecule has 0 aliphatic carbocycles. The van der Waals surface area contributed by atoms with Gasteiger partial charge in [-0.3, -0.25) is 4.90 Å². The smallest absolute Gasteiger partial charge is 0.121 e. The summed E-state index contributed by atoms with van der Waals surface area (Å²) in [5, 5.41) is 10.4. The molecule has 1 aliphatic rings. The molecule has 0 spiro atoms. The topological polar surface area (TPSA) is 32.7 Å². The minimum atomic E-state index is 0.285. The van der Waals surface area contributed by atoms with Crippen molar-refractivity contribution in [3.63, 3.8) is 0 Å². The molecule has 1 unspecified atom stereocenters. The van der Waals surface area contributed by atoms with Gasteiger partial charge in [-0.15, -0.1) is 0 Å². The maximum absolute atomic E-state index is 9.79. The first-order valence-electron chi connectivity index (χ1n) is 5.88. The highest BCUT2D eigenvalue weighted by atomic mass is 35.5. The number of halogens is 1. The summed E-state index contributed by atoms with van der Waals surface area (Å²) < 4.78 is 5.17. The van der Waals surface area contributed by atoms with Crippen molar-refractivity contribution >= 4 is 11.6 Å². The van der Waals surface area contributed by atoms with Crippen LogP contribution in [0, 0.1) is 5.92 Å². The van der Waals surface area contributed by atoms with Crippen molar-refractivity contribution in [3.05, 3.63) is 28.8 Å². The Hall–Kier alpha value is -0.770. The van der Waals surface area contributed by atoms with E-state index in [4.69, 9.17) is 16.3 Å². The standard InChI is InChI=1S/C13H18ClNO2/c1-17-9-10-5-6-15(7-10)8-11-12(14)3-2-4-13(11)16/h2-4,10,16H,5-9H2,1H3. The molecule has 1 atom stereocenters. The van der Waals surface area contributed by atoms with Gasteiger partial charge in [0.2, 0.25) is 0 Å². The number of ether oxygens (including phenoxy) is 1. The Balaban J connectivity index is 1.98. The summed E-state index contributed by atoms with van der Waals surface area (Å²) in [5.74, 6) is 0.886. The van der Waals surface area contributed by atoms with Crippen LogP contribution in [-0.4, -0.2) is 36.8 Å². The Labute approximate surface area is 107 Å². The number of methoxy groups -OCH3 is 1. The number of benzene rings is 1. The van der Waals surface area contributed by atoms with E-state index in [1.807, 2.05) is 6.07 Å². The fourth-order valence-corrected chi connectivity index (χ4v) is 2.58. The number of hydrogen-bond acceptors (Lipinski definition) is 3. The third kappa shape index (κ3) is 3.12. The summed E-state index contributed by atoms with van der Waals surface area (Å²) in [6, 6.07) is 5.27. The van der Waals surface area contributed by atoms with Gasteiger partial charge in [0.05, 0.1) is 6.61 Å². The average Bonchev–Trinajstić information content (AvgIpc) is 2.72. The fourth-order valence-electron chi connectivity index (χ4n) is 2.36. The normalized spacial score (nSPS) is 20.9. The van der Waals surface area contributed by atoms with Crippen LogP contribution in [0.25, 0.3) is 0 Å². The first kappa shape index (κ1) is 12.7. The Bertz CT molecular complexity index is 363. The molecule has 0 amide bonds. The van der Waals surface area contributed by atoms with Crippen LogP contribution in [-0.2, 0) is 11.3 Å². The van der Waals surface area contributed by atoms with Gasteiger partial charge in [-0.1, -0.05) is 17.7 Å². The molecule has 1 aromatic carbocycles. The Morgan fingerprint density at radius 2 is 2.35 bits per heavy atom. The van der Waals surface area contributed by atoms with Crippen molar-refractivity contribution in [3.8, 4) is 5.75 Å². The van der Waals surface area contributed by atoms with Crippen molar-refractivity contribution in [2.75, 3.05) is 26.8 Å². The summed E-state index contributed by atoms with van der Waals surface area (Å²) in [5.41, 5.74) is 0.826. The van der Waals surface area contributed by atoms with E-state index in [-0.39, 0.29) is 5.75 Å². The summed E-state index contributed by atoms with van der Waals surface area (Å²) >= 11 is 6.09. The van der Waals surface area contributed by atoms with Gasteiger partial charge in [-0.05, 0) is 31.0 Å². The number of hydrogen-bond donors (Lipinski definition) is 1. The highest BCUT2D eigenvalue weighted by molar-refractivity contribution is 6.31. The molecule has 1 fully saturated rings. The van der Waals surface area contributed by atoms with Crippen molar-refractivity contribution < 1.29 is 9.84 Å². The third-order valence-corrected chi connectivity index (χ3v) is 3.60. The van der Waals surface area contributed by atoms with E-state index in [0.717, 1.165) is 31.7 Å². The van der Waals surface area contributed by atoms with Crippen LogP contribution in [0.4, 0.5) is 0 Å². The summed E-state index contributed by atoms with van der Waals surface area (Å²) in [7, 11) is 1.74. The van der Waals surface area contributed by atoms with E-state index >= 15 is 0 Å². The molecular formula is C13H18ClNO2. The van der Waals surface area contributed by atoms with Crippen LogP contribution in [0.3, 0.4) is 0 Å². The number of rotatable bonds is 4. The maximum Gasteiger partial charge on any atom is 0.121 e. The quantitative estimate of drug-likeness (QED) is 0.897. The highest BCUT2D eigenvalue weighted by Crippen LogP contribution is 2.28. The first-order valence-corrected chi connectivity index (χ1v) is 6.26. The van der Waals surface area contributed by atoms with Gasteiger partial charge in [0, 0.05) is 30.8 Å². The summed E-state index contributed by atoms with van der Waals surface area (Å²) in [6.45, 7) is 3.58. The molecule has 3 nitrogen and oxygen atoms in total. The molecule has 94 valence electrons. The van der Waals surface area contributed by atoms with Gasteiger partial charge >= 0.3 is 0 Å². The first-order chi connectivity index (χ1) is 8.20. The highest BCUT2D eigenvalue weighted by Gasteiger charge is 2.23. The zero-order chi connectivity index (χ0) is 12.3. The van der Waals surface area contributed by atoms with Gasteiger partial charge in [0.15, 0.2) is 0 Å². The van der Waals surface area contributed by atoms with Crippen molar-refractivity contribution in [2.24, 2.45) is 5.92 Å². The largest absolute Gasteiger partial charge is 0.508 e. The van der Waals surface area contributed by atoms with Gasteiger partial charge in [-0.2, -0.15) is 0 Å². The predicted molar refractivity (Wildman–Crippen MR) is 68.4 cm³/mol. The molecule has 1 aliphatic heterocycles. The predicted octanol–water partition coefficient (Wildman–Crippen LogP) is 2.51. The zero-order valence-electron chi connectivity index (χ0n) is 10.0.